The zero-order valence-electron chi connectivity index (χ0n) is 13.6. The van der Waals surface area contributed by atoms with Gasteiger partial charge in [0.05, 0.1) is 23.4 Å². The first-order valence-electron chi connectivity index (χ1n) is 7.60. The summed E-state index contributed by atoms with van der Waals surface area (Å²) in [5, 5.41) is 9.06. The minimum Gasteiger partial charge on any atom is -0.478 e. The number of halogens is 3. The van der Waals surface area contributed by atoms with Crippen molar-refractivity contribution in [3.05, 3.63) is 53.2 Å². The molecule has 3 rings (SSSR count). The Morgan fingerprint density at radius 2 is 1.93 bits per heavy atom. The molecule has 0 saturated carbocycles. The number of hydrogen-bond donors (Lipinski definition) is 1. The molecule has 27 heavy (non-hydrogen) atoms. The van der Waals surface area contributed by atoms with Gasteiger partial charge in [0, 0.05) is 6.20 Å². The molecular weight excluding hydrogens is 389 g/mol. The number of hydrogen-bond acceptors (Lipinski definition) is 5. The number of carboxylic acid groups (broad SMARTS) is 1. The highest BCUT2D eigenvalue weighted by molar-refractivity contribution is 7.92. The van der Waals surface area contributed by atoms with Crippen molar-refractivity contribution in [2.75, 3.05) is 17.5 Å². The van der Waals surface area contributed by atoms with E-state index in [1.165, 1.54) is 0 Å². The molecule has 1 N–H and O–H groups in total. The third kappa shape index (κ3) is 3.97. The molecule has 0 bridgehead atoms. The van der Waals surface area contributed by atoms with E-state index in [2.05, 4.69) is 4.98 Å². The molecule has 2 aromatic rings. The van der Waals surface area contributed by atoms with Crippen molar-refractivity contribution in [1.29, 1.82) is 0 Å². The van der Waals surface area contributed by atoms with Gasteiger partial charge in [-0.1, -0.05) is 12.1 Å². The number of benzene rings is 1. The monoisotopic (exact) mass is 402 g/mol. The van der Waals surface area contributed by atoms with E-state index in [0.29, 0.717) is 0 Å². The molecule has 0 saturated heterocycles. The van der Waals surface area contributed by atoms with E-state index in [4.69, 9.17) is 9.84 Å². The number of ether oxygens (including phenoxy) is 1. The summed E-state index contributed by atoms with van der Waals surface area (Å²) in [5.74, 6) is -1.86. The van der Waals surface area contributed by atoms with Crippen molar-refractivity contribution in [3.8, 4) is 5.88 Å². The van der Waals surface area contributed by atoms with Gasteiger partial charge in [-0.15, -0.1) is 0 Å². The lowest BCUT2D eigenvalue weighted by Gasteiger charge is -2.29. The van der Waals surface area contributed by atoms with E-state index in [-0.39, 0.29) is 35.8 Å². The van der Waals surface area contributed by atoms with E-state index in [0.717, 1.165) is 40.8 Å². The van der Waals surface area contributed by atoms with Gasteiger partial charge in [-0.25, -0.2) is 18.2 Å². The van der Waals surface area contributed by atoms with Crippen LogP contribution in [0.1, 0.15) is 21.5 Å². The van der Waals surface area contributed by atoms with Gasteiger partial charge in [-0.05, 0) is 23.8 Å². The zero-order chi connectivity index (χ0) is 19.8. The van der Waals surface area contributed by atoms with Crippen LogP contribution in [0.3, 0.4) is 0 Å². The second kappa shape index (κ2) is 6.72. The Hall–Kier alpha value is -2.82. The number of sulfonamides is 1. The number of pyridine rings is 1. The number of carbonyl (C=O) groups is 1. The zero-order valence-corrected chi connectivity index (χ0v) is 14.4. The van der Waals surface area contributed by atoms with E-state index >= 15 is 0 Å². The summed E-state index contributed by atoms with van der Waals surface area (Å²) in [6, 6.07) is 4.93. The molecule has 1 aliphatic heterocycles. The smallest absolute Gasteiger partial charge is 0.416 e. The van der Waals surface area contributed by atoms with Gasteiger partial charge in [-0.2, -0.15) is 13.2 Å². The van der Waals surface area contributed by atoms with Crippen LogP contribution in [-0.4, -0.2) is 37.6 Å². The number of aromatic carboxylic acids is 1. The maximum atomic E-state index is 12.8. The molecule has 1 aliphatic rings. The summed E-state index contributed by atoms with van der Waals surface area (Å²) in [4.78, 5) is 14.9. The molecule has 0 radical (unpaired) electrons. The summed E-state index contributed by atoms with van der Waals surface area (Å²) >= 11 is 0. The highest BCUT2D eigenvalue weighted by Gasteiger charge is 2.32. The van der Waals surface area contributed by atoms with Crippen molar-refractivity contribution in [2.45, 2.75) is 11.9 Å². The Kier molecular flexibility index (Phi) is 4.72. The predicted octanol–water partition coefficient (Wildman–Crippen LogP) is 2.53. The fourth-order valence-corrected chi connectivity index (χ4v) is 4.11. The first kappa shape index (κ1) is 19.0. The summed E-state index contributed by atoms with van der Waals surface area (Å²) in [6.07, 6.45) is -3.47. The van der Waals surface area contributed by atoms with Crippen LogP contribution in [0.25, 0.3) is 0 Å². The van der Waals surface area contributed by atoms with Crippen LogP contribution in [-0.2, 0) is 22.0 Å². The van der Waals surface area contributed by atoms with Gasteiger partial charge in [-0.3, -0.25) is 4.31 Å². The lowest BCUT2D eigenvalue weighted by Crippen LogP contribution is -2.39. The second-order valence-corrected chi connectivity index (χ2v) is 7.62. The Bertz CT molecular complexity index is 975. The number of fused-ring (bicyclic) bond motifs is 1. The first-order chi connectivity index (χ1) is 12.6. The van der Waals surface area contributed by atoms with Crippen LogP contribution in [0.15, 0.2) is 36.5 Å². The molecule has 0 atom stereocenters. The van der Waals surface area contributed by atoms with Crippen LogP contribution in [0, 0.1) is 0 Å². The van der Waals surface area contributed by atoms with Gasteiger partial charge < -0.3 is 9.84 Å². The largest absolute Gasteiger partial charge is 0.478 e. The van der Waals surface area contributed by atoms with Gasteiger partial charge in [0.25, 0.3) is 0 Å². The van der Waals surface area contributed by atoms with E-state index in [1.54, 1.807) is 0 Å². The fourth-order valence-electron chi connectivity index (χ4n) is 2.56. The highest BCUT2D eigenvalue weighted by Crippen LogP contribution is 2.34. The lowest BCUT2D eigenvalue weighted by molar-refractivity contribution is -0.137. The number of nitrogens with zero attached hydrogens (tertiary/aromatic N) is 2. The Balaban J connectivity index is 1.90. The quantitative estimate of drug-likeness (QED) is 0.844. The number of alkyl halides is 3. The Morgan fingerprint density at radius 1 is 1.26 bits per heavy atom. The molecule has 0 aliphatic carbocycles. The third-order valence-corrected chi connectivity index (χ3v) is 5.60. The van der Waals surface area contributed by atoms with Crippen LogP contribution in [0.2, 0.25) is 0 Å². The number of anilines is 1. The number of carboxylic acids is 1. The lowest BCUT2D eigenvalue weighted by atomic mass is 10.1. The first-order valence-corrected chi connectivity index (χ1v) is 9.21. The summed E-state index contributed by atoms with van der Waals surface area (Å²) < 4.78 is 69.6. The molecule has 0 spiro atoms. The normalized spacial score (nSPS) is 14.4. The van der Waals surface area contributed by atoms with E-state index in [9.17, 15) is 26.4 Å². The minimum atomic E-state index is -4.51. The van der Waals surface area contributed by atoms with Crippen LogP contribution in [0.4, 0.5) is 18.9 Å². The van der Waals surface area contributed by atoms with Crippen LogP contribution in [0.5, 0.6) is 5.88 Å². The van der Waals surface area contributed by atoms with E-state index < -0.39 is 33.5 Å². The minimum absolute atomic E-state index is 0.0126. The molecule has 7 nitrogen and oxygen atoms in total. The average Bonchev–Trinajstić information content (AvgIpc) is 2.60. The molecule has 144 valence electrons. The third-order valence-electron chi connectivity index (χ3n) is 3.85. The molecule has 11 heteroatoms. The van der Waals surface area contributed by atoms with Crippen LogP contribution < -0.4 is 9.04 Å². The summed E-state index contributed by atoms with van der Waals surface area (Å²) in [6.45, 7) is -0.0562. The predicted molar refractivity (Wildman–Crippen MR) is 88.1 cm³/mol. The molecule has 2 heterocycles. The van der Waals surface area contributed by atoms with Crippen LogP contribution >= 0.6 is 0 Å². The second-order valence-electron chi connectivity index (χ2n) is 5.72. The van der Waals surface area contributed by atoms with Crippen molar-refractivity contribution in [3.63, 3.8) is 0 Å². The molecule has 0 amide bonds. The number of aromatic nitrogens is 1. The van der Waals surface area contributed by atoms with Gasteiger partial charge in [0.15, 0.2) is 0 Å². The van der Waals surface area contributed by atoms with Crippen molar-refractivity contribution in [2.24, 2.45) is 0 Å². The molecule has 0 fully saturated rings. The Labute approximate surface area is 152 Å². The average molecular weight is 402 g/mol. The van der Waals surface area contributed by atoms with Gasteiger partial charge in [0.1, 0.15) is 12.3 Å². The molecule has 0 unspecified atom stereocenters. The topological polar surface area (TPSA) is 96.8 Å². The highest BCUT2D eigenvalue weighted by atomic mass is 32.2. The van der Waals surface area contributed by atoms with Crippen molar-refractivity contribution in [1.82, 2.24) is 4.98 Å². The van der Waals surface area contributed by atoms with Gasteiger partial charge in [0.2, 0.25) is 15.9 Å². The molecule has 1 aromatic carbocycles. The van der Waals surface area contributed by atoms with Gasteiger partial charge >= 0.3 is 12.1 Å². The summed E-state index contributed by atoms with van der Waals surface area (Å²) in [7, 11) is -4.00. The standard InChI is InChI=1S/C16H13F3N2O5S/c17-16(18,19)12-3-1-10(2-4-12)9-27(24,25)21-5-6-26-14-13(21)7-11(8-20-14)15(22)23/h1-4,7-8H,5-6,9H2,(H,22,23). The number of rotatable bonds is 4. The van der Waals surface area contributed by atoms with Crippen molar-refractivity contribution < 1.29 is 36.2 Å². The fraction of sp³-hybridized carbons (Fsp3) is 0.250. The Morgan fingerprint density at radius 3 is 2.52 bits per heavy atom. The molecule has 1 aromatic heterocycles. The SMILES string of the molecule is O=C(O)c1cnc2c(c1)N(S(=O)(=O)Cc1ccc(C(F)(F)F)cc1)CCO2. The van der Waals surface area contributed by atoms with Crippen molar-refractivity contribution >= 4 is 21.7 Å². The maximum absolute atomic E-state index is 12.8. The summed E-state index contributed by atoms with van der Waals surface area (Å²) in [5.41, 5.74) is -0.948. The van der Waals surface area contributed by atoms with E-state index in [1.807, 2.05) is 0 Å². The molecular formula is C16H13F3N2O5S. The maximum Gasteiger partial charge on any atom is 0.416 e.